The van der Waals surface area contributed by atoms with E-state index >= 15 is 0 Å². The molecule has 1 amide bonds. The molecule has 2 aliphatic carbocycles. The number of aryl methyl sites for hydroxylation is 2. The van der Waals surface area contributed by atoms with Crippen LogP contribution in [0.3, 0.4) is 0 Å². The first-order valence-corrected chi connectivity index (χ1v) is 12.9. The molecule has 0 spiro atoms. The summed E-state index contributed by atoms with van der Waals surface area (Å²) in [5, 5.41) is 13.8. The highest BCUT2D eigenvalue weighted by Crippen LogP contribution is 2.34. The summed E-state index contributed by atoms with van der Waals surface area (Å²) in [6.07, 6.45) is 11.5. The van der Waals surface area contributed by atoms with Gasteiger partial charge in [-0.25, -0.2) is 4.98 Å². The van der Waals surface area contributed by atoms with Crippen LogP contribution >= 0.6 is 23.1 Å². The Kier molecular flexibility index (Phi) is 6.83. The molecule has 8 heteroatoms. The zero-order chi connectivity index (χ0) is 21.8. The van der Waals surface area contributed by atoms with Gasteiger partial charge >= 0.3 is 0 Å². The number of rotatable bonds is 6. The van der Waals surface area contributed by atoms with E-state index in [4.69, 9.17) is 4.98 Å². The van der Waals surface area contributed by atoms with E-state index in [2.05, 4.69) is 18.0 Å². The van der Waals surface area contributed by atoms with Crippen molar-refractivity contribution in [2.24, 2.45) is 0 Å². The molecule has 0 aliphatic heterocycles. The number of thioether (sulfide) groups is 1. The summed E-state index contributed by atoms with van der Waals surface area (Å²) in [4.78, 5) is 32.9. The van der Waals surface area contributed by atoms with Gasteiger partial charge in [0.05, 0.1) is 17.2 Å². The molecule has 0 unspecified atom stereocenters. The van der Waals surface area contributed by atoms with Gasteiger partial charge < -0.3 is 5.32 Å². The van der Waals surface area contributed by atoms with Crippen LogP contribution < -0.4 is 10.9 Å². The second-order valence-electron chi connectivity index (χ2n) is 8.43. The average molecular weight is 457 g/mol. The first-order chi connectivity index (χ1) is 15.1. The van der Waals surface area contributed by atoms with Crippen molar-refractivity contribution in [2.45, 2.75) is 81.4 Å². The first kappa shape index (κ1) is 22.1. The molecule has 0 atom stereocenters. The Bertz CT molecular complexity index is 1090. The Balaban J connectivity index is 1.59. The number of carbonyl (C=O) groups excluding carboxylic acids is 1. The maximum atomic E-state index is 13.4. The van der Waals surface area contributed by atoms with E-state index in [0.29, 0.717) is 24.5 Å². The Hall–Kier alpha value is -2.11. The number of hydrogen-bond acceptors (Lipinski definition) is 6. The third-order valence-electron chi connectivity index (χ3n) is 6.23. The van der Waals surface area contributed by atoms with E-state index < -0.39 is 5.54 Å². The van der Waals surface area contributed by atoms with E-state index in [1.54, 1.807) is 22.0 Å². The van der Waals surface area contributed by atoms with Crippen LogP contribution in [0.1, 0.15) is 61.8 Å². The van der Waals surface area contributed by atoms with E-state index in [1.807, 2.05) is 0 Å². The van der Waals surface area contributed by atoms with Crippen molar-refractivity contribution in [1.29, 1.82) is 5.26 Å². The van der Waals surface area contributed by atoms with E-state index in [9.17, 15) is 14.9 Å². The quantitative estimate of drug-likeness (QED) is 0.302. The van der Waals surface area contributed by atoms with Crippen LogP contribution in [-0.2, 0) is 24.2 Å². The smallest absolute Gasteiger partial charge is 0.263 e. The molecular formula is C23H28N4O2S2. The van der Waals surface area contributed by atoms with Crippen LogP contribution in [0.4, 0.5) is 0 Å². The third-order valence-corrected chi connectivity index (χ3v) is 8.40. The molecule has 1 fully saturated rings. The predicted molar refractivity (Wildman–Crippen MR) is 126 cm³/mol. The zero-order valence-corrected chi connectivity index (χ0v) is 19.4. The van der Waals surface area contributed by atoms with Gasteiger partial charge in [-0.2, -0.15) is 5.26 Å². The molecule has 31 heavy (non-hydrogen) atoms. The predicted octanol–water partition coefficient (Wildman–Crippen LogP) is 4.35. The number of nitriles is 1. The molecule has 0 aromatic carbocycles. The molecule has 2 aromatic heterocycles. The fraction of sp³-hybridized carbons (Fsp3) is 0.565. The summed E-state index contributed by atoms with van der Waals surface area (Å²) in [7, 11) is 0. The average Bonchev–Trinajstić information content (AvgIpc) is 2.96. The molecule has 164 valence electrons. The first-order valence-electron chi connectivity index (χ1n) is 11.1. The van der Waals surface area contributed by atoms with Gasteiger partial charge in [-0.3, -0.25) is 14.2 Å². The van der Waals surface area contributed by atoms with Crippen LogP contribution in [0.2, 0.25) is 0 Å². The Morgan fingerprint density at radius 2 is 2.00 bits per heavy atom. The standard InChI is InChI=1S/C23H28N4O2S2/c1-2-13-27-21(29)19-16-9-5-3-6-10-17(16)31-20(19)25-22(27)30-14-18(28)26-23(15-24)11-7-4-8-12-23/h2H,1,3-14H2,(H,26,28). The van der Waals surface area contributed by atoms with Gasteiger partial charge in [0.15, 0.2) is 5.16 Å². The van der Waals surface area contributed by atoms with Crippen molar-refractivity contribution < 1.29 is 4.79 Å². The summed E-state index contributed by atoms with van der Waals surface area (Å²) in [6.45, 7) is 4.15. The van der Waals surface area contributed by atoms with Crippen molar-refractivity contribution in [3.05, 3.63) is 33.4 Å². The minimum Gasteiger partial charge on any atom is -0.337 e. The monoisotopic (exact) mass is 456 g/mol. The molecule has 0 saturated heterocycles. The van der Waals surface area contributed by atoms with Gasteiger partial charge in [-0.1, -0.05) is 43.5 Å². The fourth-order valence-electron chi connectivity index (χ4n) is 4.65. The number of fused-ring (bicyclic) bond motifs is 3. The van der Waals surface area contributed by atoms with Crippen LogP contribution in [0, 0.1) is 11.3 Å². The topological polar surface area (TPSA) is 87.8 Å². The number of aromatic nitrogens is 2. The van der Waals surface area contributed by atoms with Crippen LogP contribution in [0.5, 0.6) is 0 Å². The fourth-order valence-corrected chi connectivity index (χ4v) is 6.76. The number of nitrogens with one attached hydrogen (secondary N) is 1. The largest absolute Gasteiger partial charge is 0.337 e. The lowest BCUT2D eigenvalue weighted by Crippen LogP contribution is -2.49. The number of amides is 1. The molecular weight excluding hydrogens is 428 g/mol. The molecule has 1 saturated carbocycles. The Morgan fingerprint density at radius 3 is 2.74 bits per heavy atom. The molecule has 0 bridgehead atoms. The maximum absolute atomic E-state index is 13.4. The van der Waals surface area contributed by atoms with Crippen molar-refractivity contribution in [3.63, 3.8) is 0 Å². The molecule has 1 N–H and O–H groups in total. The lowest BCUT2D eigenvalue weighted by atomic mass is 9.83. The van der Waals surface area contributed by atoms with Crippen molar-refractivity contribution >= 4 is 39.2 Å². The SMILES string of the molecule is C=CCn1c(SCC(=O)NC2(C#N)CCCCC2)nc2sc3c(c2c1=O)CCCCC3. The Labute approximate surface area is 190 Å². The summed E-state index contributed by atoms with van der Waals surface area (Å²) in [6, 6.07) is 2.32. The Morgan fingerprint density at radius 1 is 1.26 bits per heavy atom. The highest BCUT2D eigenvalue weighted by molar-refractivity contribution is 7.99. The minimum absolute atomic E-state index is 0.0343. The summed E-state index contributed by atoms with van der Waals surface area (Å²) >= 11 is 2.89. The number of hydrogen-bond donors (Lipinski definition) is 1. The van der Waals surface area contributed by atoms with Gasteiger partial charge in [0.1, 0.15) is 10.4 Å². The molecule has 2 aromatic rings. The molecule has 4 rings (SSSR count). The summed E-state index contributed by atoms with van der Waals surface area (Å²) in [5.74, 6) is -0.0567. The number of nitrogens with zero attached hydrogens (tertiary/aromatic N) is 3. The van der Waals surface area contributed by atoms with E-state index in [-0.39, 0.29) is 17.2 Å². The number of thiophene rings is 1. The molecule has 2 heterocycles. The van der Waals surface area contributed by atoms with Crippen molar-refractivity contribution in [1.82, 2.24) is 14.9 Å². The van der Waals surface area contributed by atoms with E-state index in [0.717, 1.165) is 55.2 Å². The van der Waals surface area contributed by atoms with Crippen molar-refractivity contribution in [2.75, 3.05) is 5.75 Å². The van der Waals surface area contributed by atoms with Crippen molar-refractivity contribution in [3.8, 4) is 6.07 Å². The lowest BCUT2D eigenvalue weighted by Gasteiger charge is -2.31. The molecule has 2 aliphatic rings. The maximum Gasteiger partial charge on any atom is 0.263 e. The zero-order valence-electron chi connectivity index (χ0n) is 17.7. The second kappa shape index (κ2) is 9.58. The normalized spacial score (nSPS) is 18.0. The summed E-state index contributed by atoms with van der Waals surface area (Å²) in [5.41, 5.74) is 0.391. The second-order valence-corrected chi connectivity index (χ2v) is 10.5. The number of allylic oxidation sites excluding steroid dienone is 1. The highest BCUT2D eigenvalue weighted by Gasteiger charge is 2.33. The summed E-state index contributed by atoms with van der Waals surface area (Å²) < 4.78 is 1.63. The van der Waals surface area contributed by atoms with Gasteiger partial charge in [0.25, 0.3) is 5.56 Å². The molecule has 6 nitrogen and oxygen atoms in total. The minimum atomic E-state index is -0.751. The van der Waals surface area contributed by atoms with Gasteiger partial charge in [0, 0.05) is 11.4 Å². The van der Waals surface area contributed by atoms with Crippen LogP contribution in [0.15, 0.2) is 22.6 Å². The van der Waals surface area contributed by atoms with E-state index in [1.165, 1.54) is 28.6 Å². The van der Waals surface area contributed by atoms with Gasteiger partial charge in [-0.05, 0) is 44.1 Å². The van der Waals surface area contributed by atoms with Crippen LogP contribution in [-0.4, -0.2) is 26.8 Å². The number of carbonyl (C=O) groups is 1. The van der Waals surface area contributed by atoms with Crippen LogP contribution in [0.25, 0.3) is 10.2 Å². The lowest BCUT2D eigenvalue weighted by molar-refractivity contribution is -0.120. The molecule has 0 radical (unpaired) electrons. The highest BCUT2D eigenvalue weighted by atomic mass is 32.2. The van der Waals surface area contributed by atoms with Gasteiger partial charge in [0.2, 0.25) is 5.91 Å². The third kappa shape index (κ3) is 4.58. The van der Waals surface area contributed by atoms with Gasteiger partial charge in [-0.15, -0.1) is 17.9 Å².